The molecule has 0 radical (unpaired) electrons. The number of halogens is 1. The van der Waals surface area contributed by atoms with E-state index >= 15 is 0 Å². The van der Waals surface area contributed by atoms with Crippen molar-refractivity contribution in [1.82, 2.24) is 9.88 Å². The normalized spacial score (nSPS) is 21.8. The number of aromatic nitrogens is 1. The Bertz CT molecular complexity index is 650. The van der Waals surface area contributed by atoms with Crippen molar-refractivity contribution < 1.29 is 5.11 Å². The minimum absolute atomic E-state index is 0.508. The second kappa shape index (κ2) is 5.93. The highest BCUT2D eigenvalue weighted by molar-refractivity contribution is 8.23. The molecule has 3 rings (SSSR count). The third-order valence-electron chi connectivity index (χ3n) is 3.43. The van der Waals surface area contributed by atoms with Gasteiger partial charge in [-0.05, 0) is 23.8 Å². The summed E-state index contributed by atoms with van der Waals surface area (Å²) in [6.07, 6.45) is 3.51. The molecule has 0 saturated carbocycles. The van der Waals surface area contributed by atoms with Crippen LogP contribution in [0.1, 0.15) is 11.1 Å². The standard InChI is InChI=1S/C15H13ClN2OS2/c16-13-5-3-12(4-6-13)15(19)10-21-14(20)18(15)9-11-2-1-7-17-8-11/h1-8,19H,9-10H2. The van der Waals surface area contributed by atoms with Gasteiger partial charge in [-0.2, -0.15) is 0 Å². The van der Waals surface area contributed by atoms with Crippen molar-refractivity contribution >= 4 is 39.9 Å². The molecule has 2 heterocycles. The topological polar surface area (TPSA) is 36.4 Å². The Morgan fingerprint density at radius 3 is 2.76 bits per heavy atom. The van der Waals surface area contributed by atoms with Gasteiger partial charge in [-0.3, -0.25) is 4.98 Å². The zero-order valence-corrected chi connectivity index (χ0v) is 13.5. The lowest BCUT2D eigenvalue weighted by Crippen LogP contribution is -2.44. The van der Waals surface area contributed by atoms with Crippen LogP contribution in [-0.2, 0) is 12.3 Å². The number of nitrogens with zero attached hydrogens (tertiary/aromatic N) is 2. The summed E-state index contributed by atoms with van der Waals surface area (Å²) in [6.45, 7) is 0.527. The third kappa shape index (κ3) is 2.92. The molecule has 1 N–H and O–H groups in total. The molecule has 21 heavy (non-hydrogen) atoms. The van der Waals surface area contributed by atoms with E-state index in [1.165, 1.54) is 11.8 Å². The molecule has 3 nitrogen and oxygen atoms in total. The second-order valence-corrected chi connectivity index (χ2v) is 6.87. The zero-order chi connectivity index (χ0) is 14.9. The van der Waals surface area contributed by atoms with Crippen molar-refractivity contribution in [2.75, 3.05) is 5.75 Å². The molecule has 1 fully saturated rings. The number of hydrogen-bond donors (Lipinski definition) is 1. The molecule has 2 aromatic rings. The minimum Gasteiger partial charge on any atom is -0.366 e. The Balaban J connectivity index is 1.93. The molecule has 1 aromatic carbocycles. The first-order valence-corrected chi connectivity index (χ1v) is 8.18. The van der Waals surface area contributed by atoms with Gasteiger partial charge in [0.1, 0.15) is 4.32 Å². The minimum atomic E-state index is -1.11. The van der Waals surface area contributed by atoms with Gasteiger partial charge in [0.15, 0.2) is 5.72 Å². The Kier molecular flexibility index (Phi) is 4.17. The molecule has 1 saturated heterocycles. The molecule has 1 unspecified atom stereocenters. The first kappa shape index (κ1) is 14.8. The van der Waals surface area contributed by atoms with Gasteiger partial charge in [0.2, 0.25) is 0 Å². The Morgan fingerprint density at radius 2 is 2.10 bits per heavy atom. The van der Waals surface area contributed by atoms with Crippen LogP contribution in [-0.4, -0.2) is 25.1 Å². The average Bonchev–Trinajstić information content (AvgIpc) is 2.78. The van der Waals surface area contributed by atoms with E-state index in [1.807, 2.05) is 29.2 Å². The Morgan fingerprint density at radius 1 is 1.33 bits per heavy atom. The molecule has 0 aliphatic carbocycles. The molecule has 108 valence electrons. The maximum absolute atomic E-state index is 11.1. The van der Waals surface area contributed by atoms with Crippen molar-refractivity contribution in [2.45, 2.75) is 12.3 Å². The summed E-state index contributed by atoms with van der Waals surface area (Å²) >= 11 is 12.8. The fourth-order valence-electron chi connectivity index (χ4n) is 2.29. The lowest BCUT2D eigenvalue weighted by atomic mass is 10.0. The van der Waals surface area contributed by atoms with Crippen molar-refractivity contribution in [3.05, 3.63) is 64.9 Å². The lowest BCUT2D eigenvalue weighted by molar-refractivity contribution is -0.0509. The molecule has 1 atom stereocenters. The van der Waals surface area contributed by atoms with E-state index in [2.05, 4.69) is 4.98 Å². The van der Waals surface area contributed by atoms with Crippen LogP contribution >= 0.6 is 35.6 Å². The predicted octanol–water partition coefficient (Wildman–Crippen LogP) is 3.41. The van der Waals surface area contributed by atoms with E-state index in [4.69, 9.17) is 23.8 Å². The molecule has 0 spiro atoms. The summed E-state index contributed by atoms with van der Waals surface area (Å²) in [5, 5.41) is 11.7. The maximum Gasteiger partial charge on any atom is 0.175 e. The molecule has 1 aliphatic rings. The van der Waals surface area contributed by atoms with Crippen LogP contribution < -0.4 is 0 Å². The molecule has 1 aromatic heterocycles. The van der Waals surface area contributed by atoms with Crippen molar-refractivity contribution in [1.29, 1.82) is 0 Å². The van der Waals surface area contributed by atoms with Crippen LogP contribution in [0, 0.1) is 0 Å². The number of thioether (sulfide) groups is 1. The average molecular weight is 337 g/mol. The van der Waals surface area contributed by atoms with Crippen LogP contribution in [0.25, 0.3) is 0 Å². The van der Waals surface area contributed by atoms with Gasteiger partial charge in [-0.25, -0.2) is 0 Å². The fraction of sp³-hybridized carbons (Fsp3) is 0.200. The molecule has 0 bridgehead atoms. The summed E-state index contributed by atoms with van der Waals surface area (Å²) in [5.74, 6) is 0.508. The summed E-state index contributed by atoms with van der Waals surface area (Å²) in [7, 11) is 0. The molecular weight excluding hydrogens is 324 g/mol. The second-order valence-electron chi connectivity index (χ2n) is 4.83. The van der Waals surface area contributed by atoms with Gasteiger partial charge >= 0.3 is 0 Å². The Labute approximate surface area is 138 Å². The monoisotopic (exact) mass is 336 g/mol. The largest absolute Gasteiger partial charge is 0.366 e. The Hall–Kier alpha value is -1.14. The predicted molar refractivity (Wildman–Crippen MR) is 90.2 cm³/mol. The van der Waals surface area contributed by atoms with Gasteiger partial charge < -0.3 is 10.0 Å². The van der Waals surface area contributed by atoms with Crippen LogP contribution in [0.2, 0.25) is 5.02 Å². The summed E-state index contributed by atoms with van der Waals surface area (Å²) in [6, 6.07) is 11.1. The summed E-state index contributed by atoms with van der Waals surface area (Å²) in [4.78, 5) is 5.95. The number of pyridine rings is 1. The van der Waals surface area contributed by atoms with Crippen LogP contribution in [0.5, 0.6) is 0 Å². The van der Waals surface area contributed by atoms with Gasteiger partial charge in [-0.15, -0.1) is 0 Å². The van der Waals surface area contributed by atoms with E-state index in [0.29, 0.717) is 21.6 Å². The van der Waals surface area contributed by atoms with Gasteiger partial charge in [0, 0.05) is 29.5 Å². The first-order valence-electron chi connectivity index (χ1n) is 6.41. The van der Waals surface area contributed by atoms with E-state index < -0.39 is 5.72 Å². The molecule has 1 aliphatic heterocycles. The van der Waals surface area contributed by atoms with Crippen LogP contribution in [0.3, 0.4) is 0 Å². The highest BCUT2D eigenvalue weighted by Crippen LogP contribution is 2.40. The van der Waals surface area contributed by atoms with Crippen molar-refractivity contribution in [2.24, 2.45) is 0 Å². The van der Waals surface area contributed by atoms with Gasteiger partial charge in [-0.1, -0.05) is 53.8 Å². The molecule has 6 heteroatoms. The van der Waals surface area contributed by atoms with Crippen molar-refractivity contribution in [3.8, 4) is 0 Å². The number of rotatable bonds is 3. The third-order valence-corrected chi connectivity index (χ3v) is 5.27. The smallest absolute Gasteiger partial charge is 0.175 e. The highest BCUT2D eigenvalue weighted by atomic mass is 35.5. The number of hydrogen-bond acceptors (Lipinski definition) is 4. The maximum atomic E-state index is 11.1. The van der Waals surface area contributed by atoms with E-state index in [9.17, 15) is 5.11 Å². The van der Waals surface area contributed by atoms with Crippen LogP contribution in [0.15, 0.2) is 48.8 Å². The lowest BCUT2D eigenvalue weighted by Gasteiger charge is -2.34. The van der Waals surface area contributed by atoms with E-state index in [0.717, 1.165) is 11.1 Å². The number of aliphatic hydroxyl groups is 1. The van der Waals surface area contributed by atoms with Gasteiger partial charge in [0.25, 0.3) is 0 Å². The van der Waals surface area contributed by atoms with Crippen molar-refractivity contribution in [3.63, 3.8) is 0 Å². The summed E-state index contributed by atoms with van der Waals surface area (Å²) < 4.78 is 0.691. The molecule has 0 amide bonds. The SMILES string of the molecule is OC1(c2ccc(Cl)cc2)CSC(=S)N1Cc1cccnc1. The molecular formula is C15H13ClN2OS2. The van der Waals surface area contributed by atoms with Crippen LogP contribution in [0.4, 0.5) is 0 Å². The zero-order valence-electron chi connectivity index (χ0n) is 11.1. The number of benzene rings is 1. The van der Waals surface area contributed by atoms with Gasteiger partial charge in [0.05, 0.1) is 5.75 Å². The quantitative estimate of drug-likeness (QED) is 0.869. The first-order chi connectivity index (χ1) is 10.1. The fourth-order valence-corrected chi connectivity index (χ4v) is 3.83. The number of thiocarbonyl (C=S) groups is 1. The van der Waals surface area contributed by atoms with E-state index in [-0.39, 0.29) is 0 Å². The van der Waals surface area contributed by atoms with E-state index in [1.54, 1.807) is 24.5 Å². The highest BCUT2D eigenvalue weighted by Gasteiger charge is 2.43. The summed E-state index contributed by atoms with van der Waals surface area (Å²) in [5.41, 5.74) is 0.695.